The van der Waals surface area contributed by atoms with Crippen LogP contribution in [-0.4, -0.2) is 41.3 Å². The van der Waals surface area contributed by atoms with Crippen LogP contribution in [0.5, 0.6) is 0 Å². The largest absolute Gasteiger partial charge is 0.468 e. The first-order valence-corrected chi connectivity index (χ1v) is 10.1. The fraction of sp³-hybridized carbons (Fsp3) is 0.533. The van der Waals surface area contributed by atoms with Crippen molar-refractivity contribution in [3.63, 3.8) is 0 Å². The Labute approximate surface area is 140 Å². The Kier molecular flexibility index (Phi) is 4.57. The van der Waals surface area contributed by atoms with Crippen LogP contribution < -0.4 is 0 Å². The summed E-state index contributed by atoms with van der Waals surface area (Å²) < 4.78 is 34.7. The predicted molar refractivity (Wildman–Crippen MR) is 90.0 cm³/mol. The third-order valence-corrected chi connectivity index (χ3v) is 7.64. The first kappa shape index (κ1) is 16.6. The lowest BCUT2D eigenvalue weighted by molar-refractivity contribution is 0.416. The van der Waals surface area contributed by atoms with Crippen LogP contribution in [0, 0.1) is 13.8 Å². The summed E-state index contributed by atoms with van der Waals surface area (Å²) in [6.45, 7) is 4.55. The number of aromatic nitrogens is 2. The van der Waals surface area contributed by atoms with Gasteiger partial charge in [-0.2, -0.15) is 9.40 Å². The summed E-state index contributed by atoms with van der Waals surface area (Å²) in [4.78, 5) is 0.349. The van der Waals surface area contributed by atoms with Gasteiger partial charge in [-0.1, -0.05) is 0 Å². The molecule has 1 aliphatic rings. The minimum Gasteiger partial charge on any atom is -0.468 e. The molecule has 2 aromatic heterocycles. The zero-order valence-corrected chi connectivity index (χ0v) is 15.2. The fourth-order valence-electron chi connectivity index (χ4n) is 2.95. The number of rotatable bonds is 3. The summed E-state index contributed by atoms with van der Waals surface area (Å²) in [6.07, 6.45) is 2.41. The van der Waals surface area contributed by atoms with Gasteiger partial charge in [0.15, 0.2) is 0 Å². The second kappa shape index (κ2) is 6.33. The van der Waals surface area contributed by atoms with Gasteiger partial charge in [0.1, 0.15) is 10.7 Å². The van der Waals surface area contributed by atoms with Crippen molar-refractivity contribution in [3.05, 3.63) is 35.5 Å². The van der Waals surface area contributed by atoms with E-state index in [1.807, 2.05) is 12.1 Å². The summed E-state index contributed by atoms with van der Waals surface area (Å²) in [5.74, 6) is 1.67. The van der Waals surface area contributed by atoms with Crippen molar-refractivity contribution in [2.75, 3.05) is 18.8 Å². The van der Waals surface area contributed by atoms with Gasteiger partial charge in [-0.05, 0) is 32.4 Å². The highest BCUT2D eigenvalue weighted by Gasteiger charge is 2.33. The highest BCUT2D eigenvalue weighted by molar-refractivity contribution is 7.99. The summed E-state index contributed by atoms with van der Waals surface area (Å²) >= 11 is 1.75. The lowest BCUT2D eigenvalue weighted by Crippen LogP contribution is -2.33. The summed E-state index contributed by atoms with van der Waals surface area (Å²) in [6, 6.07) is 3.83. The van der Waals surface area contributed by atoms with Gasteiger partial charge in [0.05, 0.1) is 22.9 Å². The van der Waals surface area contributed by atoms with E-state index in [0.29, 0.717) is 29.4 Å². The fourth-order valence-corrected chi connectivity index (χ4v) is 6.10. The molecule has 1 atom stereocenters. The smallest absolute Gasteiger partial charge is 0.246 e. The average Bonchev–Trinajstić information content (AvgIpc) is 3.01. The number of nitrogens with zero attached hydrogens (tertiary/aromatic N) is 3. The molecule has 3 heterocycles. The molecule has 1 aliphatic heterocycles. The molecule has 1 fully saturated rings. The number of hydrogen-bond donors (Lipinski definition) is 0. The molecule has 1 unspecified atom stereocenters. The van der Waals surface area contributed by atoms with Gasteiger partial charge in [0.25, 0.3) is 0 Å². The third kappa shape index (κ3) is 3.07. The molecule has 23 heavy (non-hydrogen) atoms. The van der Waals surface area contributed by atoms with E-state index in [2.05, 4.69) is 5.10 Å². The number of furan rings is 1. The Morgan fingerprint density at radius 1 is 1.35 bits per heavy atom. The molecule has 0 aromatic carbocycles. The summed E-state index contributed by atoms with van der Waals surface area (Å²) in [5, 5.41) is 4.45. The standard InChI is InChI=1S/C15H21N3O3S2/c1-11-15(12(2)17(3)16-11)23(19,20)18-7-6-14(22-10-8-18)13-5-4-9-21-13/h4-5,9,14H,6-8,10H2,1-3H3. The van der Waals surface area contributed by atoms with Gasteiger partial charge in [-0.3, -0.25) is 4.68 Å². The molecular weight excluding hydrogens is 334 g/mol. The van der Waals surface area contributed by atoms with Crippen molar-refractivity contribution in [2.45, 2.75) is 30.4 Å². The van der Waals surface area contributed by atoms with E-state index in [4.69, 9.17) is 4.42 Å². The summed E-state index contributed by atoms with van der Waals surface area (Å²) in [5.41, 5.74) is 1.24. The van der Waals surface area contributed by atoms with E-state index in [9.17, 15) is 8.42 Å². The Morgan fingerprint density at radius 2 is 2.13 bits per heavy atom. The first-order chi connectivity index (χ1) is 10.9. The Bertz CT molecular complexity index is 781. The molecule has 3 rings (SSSR count). The van der Waals surface area contributed by atoms with Crippen molar-refractivity contribution >= 4 is 21.8 Å². The maximum atomic E-state index is 13.0. The average molecular weight is 355 g/mol. The topological polar surface area (TPSA) is 68.3 Å². The SMILES string of the molecule is Cc1nn(C)c(C)c1S(=O)(=O)N1CCSC(c2ccco2)CC1. The maximum Gasteiger partial charge on any atom is 0.246 e. The molecule has 6 nitrogen and oxygen atoms in total. The van der Waals surface area contributed by atoms with Crippen LogP contribution in [0.4, 0.5) is 0 Å². The third-order valence-electron chi connectivity index (χ3n) is 4.20. The van der Waals surface area contributed by atoms with Crippen molar-refractivity contribution in [2.24, 2.45) is 7.05 Å². The molecule has 0 aliphatic carbocycles. The zero-order chi connectivity index (χ0) is 16.6. The van der Waals surface area contributed by atoms with Gasteiger partial charge in [-0.15, -0.1) is 11.8 Å². The minimum atomic E-state index is -3.51. The molecule has 0 N–H and O–H groups in total. The Balaban J connectivity index is 1.84. The lowest BCUT2D eigenvalue weighted by Gasteiger charge is -2.20. The van der Waals surface area contributed by atoms with Gasteiger partial charge in [0.2, 0.25) is 10.0 Å². The van der Waals surface area contributed by atoms with Gasteiger partial charge in [0, 0.05) is 25.9 Å². The van der Waals surface area contributed by atoms with E-state index < -0.39 is 10.0 Å². The van der Waals surface area contributed by atoms with Crippen LogP contribution in [-0.2, 0) is 17.1 Å². The van der Waals surface area contributed by atoms with Crippen molar-refractivity contribution in [3.8, 4) is 0 Å². The number of thioether (sulfide) groups is 1. The first-order valence-electron chi connectivity index (χ1n) is 7.56. The molecular formula is C15H21N3O3S2. The van der Waals surface area contributed by atoms with Gasteiger partial charge in [-0.25, -0.2) is 8.42 Å². The van der Waals surface area contributed by atoms with E-state index >= 15 is 0 Å². The second-order valence-electron chi connectivity index (χ2n) is 5.69. The maximum absolute atomic E-state index is 13.0. The Hall–Kier alpha value is -1.25. The molecule has 8 heteroatoms. The molecule has 2 aromatic rings. The van der Waals surface area contributed by atoms with Crippen LogP contribution in [0.1, 0.15) is 28.8 Å². The quantitative estimate of drug-likeness (QED) is 0.846. The molecule has 0 amide bonds. The predicted octanol–water partition coefficient (Wildman–Crippen LogP) is 2.50. The second-order valence-corrected chi connectivity index (χ2v) is 8.88. The van der Waals surface area contributed by atoms with Crippen molar-refractivity contribution in [1.29, 1.82) is 0 Å². The van der Waals surface area contributed by atoms with E-state index in [1.165, 1.54) is 0 Å². The molecule has 0 saturated carbocycles. The molecule has 1 saturated heterocycles. The number of aryl methyl sites for hydroxylation is 2. The monoisotopic (exact) mass is 355 g/mol. The van der Waals surface area contributed by atoms with Crippen LogP contribution in [0.3, 0.4) is 0 Å². The zero-order valence-electron chi connectivity index (χ0n) is 13.5. The van der Waals surface area contributed by atoms with Crippen LogP contribution in [0.2, 0.25) is 0 Å². The van der Waals surface area contributed by atoms with Gasteiger partial charge >= 0.3 is 0 Å². The van der Waals surface area contributed by atoms with E-state index in [1.54, 1.807) is 47.9 Å². The van der Waals surface area contributed by atoms with Gasteiger partial charge < -0.3 is 4.42 Å². The molecule has 126 valence electrons. The lowest BCUT2D eigenvalue weighted by atomic mass is 10.2. The number of sulfonamides is 1. The van der Waals surface area contributed by atoms with Crippen molar-refractivity contribution < 1.29 is 12.8 Å². The van der Waals surface area contributed by atoms with Crippen LogP contribution in [0.25, 0.3) is 0 Å². The number of hydrogen-bond acceptors (Lipinski definition) is 5. The van der Waals surface area contributed by atoms with Crippen LogP contribution in [0.15, 0.2) is 27.7 Å². The normalized spacial score (nSPS) is 20.6. The highest BCUT2D eigenvalue weighted by Crippen LogP contribution is 2.36. The van der Waals surface area contributed by atoms with Crippen molar-refractivity contribution in [1.82, 2.24) is 14.1 Å². The Morgan fingerprint density at radius 3 is 2.74 bits per heavy atom. The molecule has 0 bridgehead atoms. The van der Waals surface area contributed by atoms with E-state index in [0.717, 1.165) is 17.9 Å². The summed E-state index contributed by atoms with van der Waals surface area (Å²) in [7, 11) is -1.74. The highest BCUT2D eigenvalue weighted by atomic mass is 32.2. The van der Waals surface area contributed by atoms with E-state index in [-0.39, 0.29) is 5.25 Å². The minimum absolute atomic E-state index is 0.210. The molecule has 0 radical (unpaired) electrons. The van der Waals surface area contributed by atoms with Crippen LogP contribution >= 0.6 is 11.8 Å². The molecule has 0 spiro atoms.